The van der Waals surface area contributed by atoms with E-state index in [2.05, 4.69) is 10.3 Å². The van der Waals surface area contributed by atoms with Gasteiger partial charge in [0.05, 0.1) is 20.8 Å². The number of amides is 1. The van der Waals surface area contributed by atoms with Crippen molar-refractivity contribution in [2.75, 3.05) is 36.9 Å². The largest absolute Gasteiger partial charge is 0.497 e. The van der Waals surface area contributed by atoms with Crippen LogP contribution in [0.1, 0.15) is 38.3 Å². The van der Waals surface area contributed by atoms with Crippen LogP contribution >= 0.6 is 0 Å². The molecule has 0 radical (unpaired) electrons. The van der Waals surface area contributed by atoms with Gasteiger partial charge in [-0.2, -0.15) is 4.39 Å². The van der Waals surface area contributed by atoms with Gasteiger partial charge in [0.2, 0.25) is 5.95 Å². The Morgan fingerprint density at radius 2 is 1.86 bits per heavy atom. The second-order valence-corrected chi connectivity index (χ2v) is 13.0. The van der Waals surface area contributed by atoms with Gasteiger partial charge in [0.1, 0.15) is 33.6 Å². The van der Waals surface area contributed by atoms with Gasteiger partial charge in [-0.15, -0.1) is 0 Å². The summed E-state index contributed by atoms with van der Waals surface area (Å²) < 4.78 is 74.8. The Labute approximate surface area is 250 Å². The molecule has 43 heavy (non-hydrogen) atoms. The molecule has 0 bridgehead atoms. The summed E-state index contributed by atoms with van der Waals surface area (Å²) in [6.45, 7) is 7.50. The standard InChI is InChI=1S/C30H36F2N4O6S/c1-19-14-26(23(31)16-24(19)33-21-12-13-35(18-21)29(37)42-30(2,3)4)43(38,39)36(28-9-7-8-27(32)34-28)17-20-10-11-22(40-5)15-25(20)41-6/h7-11,14-16,21,33H,12-13,17-18H2,1-6H3. The van der Waals surface area contributed by atoms with Gasteiger partial charge < -0.3 is 24.4 Å². The van der Waals surface area contributed by atoms with Gasteiger partial charge in [0, 0.05) is 36.4 Å². The number of pyridine rings is 1. The summed E-state index contributed by atoms with van der Waals surface area (Å²) in [7, 11) is -1.70. The van der Waals surface area contributed by atoms with E-state index in [1.54, 1.807) is 50.8 Å². The molecule has 1 aliphatic heterocycles. The predicted octanol–water partition coefficient (Wildman–Crippen LogP) is 5.50. The first kappa shape index (κ1) is 31.8. The number of rotatable bonds is 9. The monoisotopic (exact) mass is 618 g/mol. The minimum atomic E-state index is -4.60. The van der Waals surface area contributed by atoms with E-state index in [0.717, 1.165) is 16.4 Å². The fourth-order valence-electron chi connectivity index (χ4n) is 4.68. The van der Waals surface area contributed by atoms with Crippen LogP contribution in [-0.2, 0) is 21.3 Å². The lowest BCUT2D eigenvalue weighted by molar-refractivity contribution is 0.0293. The lowest BCUT2D eigenvalue weighted by Gasteiger charge is -2.26. The zero-order valence-electron chi connectivity index (χ0n) is 25.0. The first-order valence-corrected chi connectivity index (χ1v) is 15.1. The van der Waals surface area contributed by atoms with Crippen molar-refractivity contribution in [3.63, 3.8) is 0 Å². The number of anilines is 2. The van der Waals surface area contributed by atoms with Gasteiger partial charge >= 0.3 is 6.09 Å². The van der Waals surface area contributed by atoms with Crippen LogP contribution in [-0.4, -0.2) is 63.3 Å². The van der Waals surface area contributed by atoms with E-state index in [9.17, 15) is 17.6 Å². The van der Waals surface area contributed by atoms with Crippen molar-refractivity contribution in [3.8, 4) is 11.5 Å². The van der Waals surface area contributed by atoms with Crippen LogP contribution in [0.3, 0.4) is 0 Å². The number of hydrogen-bond acceptors (Lipinski definition) is 8. The number of ether oxygens (including phenoxy) is 3. The maximum atomic E-state index is 15.7. The molecule has 1 saturated heterocycles. The average molecular weight is 619 g/mol. The van der Waals surface area contributed by atoms with Crippen molar-refractivity contribution in [3.05, 3.63) is 71.4 Å². The smallest absolute Gasteiger partial charge is 0.410 e. The summed E-state index contributed by atoms with van der Waals surface area (Å²) in [6, 6.07) is 10.7. The zero-order chi connectivity index (χ0) is 31.5. The van der Waals surface area contributed by atoms with E-state index >= 15 is 4.39 Å². The molecule has 4 rings (SSSR count). The molecule has 1 fully saturated rings. The summed E-state index contributed by atoms with van der Waals surface area (Å²) in [4.78, 5) is 17.2. The van der Waals surface area contributed by atoms with E-state index in [1.165, 1.54) is 32.4 Å². The minimum Gasteiger partial charge on any atom is -0.497 e. The highest BCUT2D eigenvalue weighted by Crippen LogP contribution is 2.33. The van der Waals surface area contributed by atoms with Gasteiger partial charge in [-0.1, -0.05) is 6.07 Å². The molecule has 0 aliphatic carbocycles. The van der Waals surface area contributed by atoms with Crippen molar-refractivity contribution < 1.29 is 36.2 Å². The molecular weight excluding hydrogens is 582 g/mol. The Hall–Kier alpha value is -4.13. The molecule has 1 aromatic heterocycles. The molecule has 232 valence electrons. The first-order valence-electron chi connectivity index (χ1n) is 13.6. The summed E-state index contributed by atoms with van der Waals surface area (Å²) in [6.07, 6.45) is 0.170. The average Bonchev–Trinajstić information content (AvgIpc) is 3.41. The van der Waals surface area contributed by atoms with Gasteiger partial charge in [-0.25, -0.2) is 26.9 Å². The quantitative estimate of drug-likeness (QED) is 0.313. The van der Waals surface area contributed by atoms with E-state index in [-0.39, 0.29) is 18.4 Å². The topological polar surface area (TPSA) is 110 Å². The normalized spacial score (nSPS) is 15.3. The Morgan fingerprint density at radius 3 is 2.51 bits per heavy atom. The molecule has 2 aromatic carbocycles. The summed E-state index contributed by atoms with van der Waals surface area (Å²) in [5, 5.41) is 3.22. The number of methoxy groups -OCH3 is 2. The number of sulfonamides is 1. The number of aryl methyl sites for hydroxylation is 1. The summed E-state index contributed by atoms with van der Waals surface area (Å²) in [5.41, 5.74) is 0.644. The number of nitrogens with zero attached hydrogens (tertiary/aromatic N) is 3. The second kappa shape index (κ2) is 12.6. The van der Waals surface area contributed by atoms with Crippen LogP contribution in [0, 0.1) is 18.7 Å². The molecule has 0 spiro atoms. The zero-order valence-corrected chi connectivity index (χ0v) is 25.8. The molecule has 1 unspecified atom stereocenters. The molecule has 2 heterocycles. The molecule has 1 amide bonds. The van der Waals surface area contributed by atoms with Gasteiger partial charge in [-0.3, -0.25) is 0 Å². The number of nitrogens with one attached hydrogen (secondary N) is 1. The molecule has 13 heteroatoms. The number of aromatic nitrogens is 1. The van der Waals surface area contributed by atoms with Gasteiger partial charge in [0.25, 0.3) is 10.0 Å². The van der Waals surface area contributed by atoms with E-state index < -0.39 is 38.4 Å². The predicted molar refractivity (Wildman–Crippen MR) is 158 cm³/mol. The third kappa shape index (κ3) is 7.45. The van der Waals surface area contributed by atoms with Crippen LogP contribution in [0.25, 0.3) is 0 Å². The Kier molecular flexibility index (Phi) is 9.33. The fourth-order valence-corrected chi connectivity index (χ4v) is 6.21. The molecule has 3 aromatic rings. The van der Waals surface area contributed by atoms with Crippen LogP contribution in [0.15, 0.2) is 53.4 Å². The summed E-state index contributed by atoms with van der Waals surface area (Å²) in [5.74, 6) is -1.32. The highest BCUT2D eigenvalue weighted by atomic mass is 32.2. The van der Waals surface area contributed by atoms with Gasteiger partial charge in [-0.05, 0) is 76.1 Å². The van der Waals surface area contributed by atoms with Crippen molar-refractivity contribution in [2.24, 2.45) is 0 Å². The van der Waals surface area contributed by atoms with Crippen molar-refractivity contribution >= 4 is 27.6 Å². The van der Waals surface area contributed by atoms with Crippen molar-refractivity contribution in [2.45, 2.75) is 57.2 Å². The van der Waals surface area contributed by atoms with Gasteiger partial charge in [0.15, 0.2) is 0 Å². The Morgan fingerprint density at radius 1 is 1.12 bits per heavy atom. The molecule has 1 N–H and O–H groups in total. The lowest BCUT2D eigenvalue weighted by Crippen LogP contribution is -2.36. The lowest BCUT2D eigenvalue weighted by atomic mass is 10.1. The highest BCUT2D eigenvalue weighted by molar-refractivity contribution is 7.92. The number of hydrogen-bond donors (Lipinski definition) is 1. The Bertz CT molecular complexity index is 1600. The van der Waals surface area contributed by atoms with Crippen molar-refractivity contribution in [1.29, 1.82) is 0 Å². The molecule has 1 atom stereocenters. The SMILES string of the molecule is COc1ccc(CN(c2cccc(F)n2)S(=O)(=O)c2cc(C)c(NC3CCN(C(=O)OC(C)(C)C)C3)cc2F)c(OC)c1. The summed E-state index contributed by atoms with van der Waals surface area (Å²) >= 11 is 0. The van der Waals surface area contributed by atoms with Crippen LogP contribution in [0.4, 0.5) is 25.1 Å². The number of benzene rings is 2. The fraction of sp³-hybridized carbons (Fsp3) is 0.400. The van der Waals surface area contributed by atoms with E-state index in [1.807, 2.05) is 0 Å². The highest BCUT2D eigenvalue weighted by Gasteiger charge is 2.33. The number of likely N-dealkylation sites (tertiary alicyclic amines) is 1. The Balaban J connectivity index is 1.63. The van der Waals surface area contributed by atoms with Crippen LogP contribution < -0.4 is 19.1 Å². The molecule has 10 nitrogen and oxygen atoms in total. The first-order chi connectivity index (χ1) is 20.2. The molecule has 0 saturated carbocycles. The maximum Gasteiger partial charge on any atom is 0.410 e. The number of carbonyl (C=O) groups excluding carboxylic acids is 1. The third-order valence-corrected chi connectivity index (χ3v) is 8.58. The van der Waals surface area contributed by atoms with Crippen molar-refractivity contribution in [1.82, 2.24) is 9.88 Å². The number of halogens is 2. The second-order valence-electron chi connectivity index (χ2n) is 11.2. The molecule has 1 aliphatic rings. The number of carbonyl (C=O) groups is 1. The third-order valence-electron chi connectivity index (χ3n) is 6.81. The minimum absolute atomic E-state index is 0.191. The molecular formula is C30H36F2N4O6S. The van der Waals surface area contributed by atoms with E-state index in [4.69, 9.17) is 14.2 Å². The van der Waals surface area contributed by atoms with Crippen LogP contribution in [0.2, 0.25) is 0 Å². The maximum absolute atomic E-state index is 15.7. The van der Waals surface area contributed by atoms with Crippen LogP contribution in [0.5, 0.6) is 11.5 Å². The van der Waals surface area contributed by atoms with E-state index in [0.29, 0.717) is 47.8 Å².